The van der Waals surface area contributed by atoms with Gasteiger partial charge in [-0.25, -0.2) is 9.97 Å². The lowest BCUT2D eigenvalue weighted by molar-refractivity contribution is 0.0256. The van der Waals surface area contributed by atoms with Crippen LogP contribution >= 0.6 is 22.6 Å². The summed E-state index contributed by atoms with van der Waals surface area (Å²) in [5, 5.41) is 2.65. The lowest BCUT2D eigenvalue weighted by atomic mass is 10.1. The number of hydrogen-bond acceptors (Lipinski definition) is 8. The Labute approximate surface area is 194 Å². The summed E-state index contributed by atoms with van der Waals surface area (Å²) in [4.78, 5) is 34.7. The molecule has 2 aliphatic rings. The van der Waals surface area contributed by atoms with Gasteiger partial charge in [-0.2, -0.15) is 8.78 Å². The largest absolute Gasteiger partial charge is 0.471 e. The predicted molar refractivity (Wildman–Crippen MR) is 115 cm³/mol. The van der Waals surface area contributed by atoms with Crippen LogP contribution in [0.2, 0.25) is 0 Å². The Hall–Kier alpha value is -3.23. The number of ether oxygens (including phenoxy) is 1. The number of aromatic nitrogens is 2. The Morgan fingerprint density at radius 1 is 1.41 bits per heavy atom. The van der Waals surface area contributed by atoms with Crippen LogP contribution in [0.1, 0.15) is 33.3 Å². The van der Waals surface area contributed by atoms with Crippen molar-refractivity contribution in [1.82, 2.24) is 25.7 Å². The number of fused-ring (bicyclic) bond motifs is 1. The van der Waals surface area contributed by atoms with Gasteiger partial charge in [-0.15, -0.1) is 0 Å². The molecule has 0 spiro atoms. The monoisotopic (exact) mass is 558 g/mol. The molecule has 0 bridgehead atoms. The van der Waals surface area contributed by atoms with Gasteiger partial charge < -0.3 is 24.8 Å². The first-order chi connectivity index (χ1) is 15.2. The Kier molecular flexibility index (Phi) is 5.99. The number of hydrogen-bond donors (Lipinski definition) is 3. The first-order valence-electron chi connectivity index (χ1n) is 9.31. The van der Waals surface area contributed by atoms with E-state index in [1.165, 1.54) is 12.5 Å². The van der Waals surface area contributed by atoms with Crippen LogP contribution in [0, 0.1) is 0 Å². The molecule has 13 heteroatoms. The van der Waals surface area contributed by atoms with E-state index < -0.39 is 16.4 Å². The first-order valence-corrected chi connectivity index (χ1v) is 10.4. The number of carbonyl (C=O) groups is 2. The van der Waals surface area contributed by atoms with Gasteiger partial charge in [0.25, 0.3) is 11.8 Å². The van der Waals surface area contributed by atoms with Gasteiger partial charge in [0.1, 0.15) is 12.1 Å². The summed E-state index contributed by atoms with van der Waals surface area (Å²) in [6, 6.07) is 1.59. The van der Waals surface area contributed by atoms with Gasteiger partial charge in [0.2, 0.25) is 5.88 Å². The molecule has 4 heterocycles. The van der Waals surface area contributed by atoms with Crippen molar-refractivity contribution in [2.24, 2.45) is 0 Å². The van der Waals surface area contributed by atoms with Crippen molar-refractivity contribution in [1.29, 1.82) is 0 Å². The van der Waals surface area contributed by atoms with Crippen molar-refractivity contribution in [3.05, 3.63) is 65.0 Å². The number of nitrogens with zero attached hydrogens (tertiary/aromatic N) is 3. The highest BCUT2D eigenvalue weighted by molar-refractivity contribution is 14.1. The molecule has 0 aromatic carbocycles. The first kappa shape index (κ1) is 22.0. The number of pyridine rings is 1. The van der Waals surface area contributed by atoms with Gasteiger partial charge in [-0.3, -0.25) is 15.0 Å². The number of oxazole rings is 1. The smallest absolute Gasteiger partial charge is 0.329 e. The van der Waals surface area contributed by atoms with Gasteiger partial charge >= 0.3 is 3.93 Å². The molecule has 32 heavy (non-hydrogen) atoms. The second-order valence-corrected chi connectivity index (χ2v) is 8.59. The predicted octanol–water partition coefficient (Wildman–Crippen LogP) is 2.55. The lowest BCUT2D eigenvalue weighted by Gasteiger charge is -2.25. The second kappa shape index (κ2) is 8.72. The topological polar surface area (TPSA) is 122 Å². The van der Waals surface area contributed by atoms with E-state index in [0.717, 1.165) is 29.0 Å². The normalized spacial score (nSPS) is 15.7. The number of nitrogens with one attached hydrogen (secondary N) is 3. The summed E-state index contributed by atoms with van der Waals surface area (Å²) in [6.45, 7) is 1.37. The molecule has 0 atom stereocenters. The van der Waals surface area contributed by atoms with Crippen LogP contribution in [-0.2, 0) is 11.3 Å². The fraction of sp³-hybridized carbons (Fsp3) is 0.263. The number of carbonyl (C=O) groups excluding carboxylic acids is 2. The molecule has 2 amide bonds. The van der Waals surface area contributed by atoms with Crippen LogP contribution in [0.15, 0.2) is 52.6 Å². The molecular formula is C19H17F2IN6O4. The van der Waals surface area contributed by atoms with Gasteiger partial charge in [0, 0.05) is 45.5 Å². The Balaban J connectivity index is 1.45. The molecule has 2 aromatic heterocycles. The number of amides is 2. The minimum Gasteiger partial charge on any atom is -0.471 e. The quantitative estimate of drug-likeness (QED) is 0.351. The lowest BCUT2D eigenvalue weighted by Crippen LogP contribution is -2.40. The van der Waals surface area contributed by atoms with Gasteiger partial charge in [0.15, 0.2) is 18.7 Å². The molecule has 0 aliphatic carbocycles. The molecule has 3 N–H and O–H groups in total. The molecule has 10 nitrogen and oxygen atoms in total. The summed E-state index contributed by atoms with van der Waals surface area (Å²) >= 11 is 1.00. The fourth-order valence-electron chi connectivity index (χ4n) is 3.21. The van der Waals surface area contributed by atoms with E-state index in [4.69, 9.17) is 9.15 Å². The zero-order chi connectivity index (χ0) is 22.9. The zero-order valence-corrected chi connectivity index (χ0v) is 18.8. The third-order valence-corrected chi connectivity index (χ3v) is 4.96. The fourth-order valence-corrected chi connectivity index (χ4v) is 3.37. The van der Waals surface area contributed by atoms with E-state index in [2.05, 4.69) is 26.1 Å². The number of anilines is 1. The molecule has 0 fully saturated rings. The minimum atomic E-state index is -2.99. The van der Waals surface area contributed by atoms with Crippen LogP contribution in [-0.4, -0.2) is 43.8 Å². The van der Waals surface area contributed by atoms with Gasteiger partial charge in [-0.1, -0.05) is 0 Å². The molecule has 2 aliphatic heterocycles. The molecule has 0 saturated carbocycles. The van der Waals surface area contributed by atoms with Crippen molar-refractivity contribution in [2.45, 2.75) is 17.4 Å². The van der Waals surface area contributed by atoms with Crippen molar-refractivity contribution >= 4 is 40.2 Å². The molecule has 0 unspecified atom stereocenters. The van der Waals surface area contributed by atoms with Crippen LogP contribution in [0.5, 0.6) is 0 Å². The maximum absolute atomic E-state index is 13.0. The number of alkyl halides is 3. The van der Waals surface area contributed by atoms with Crippen LogP contribution in [0.4, 0.5) is 14.6 Å². The third kappa shape index (κ3) is 4.81. The van der Waals surface area contributed by atoms with E-state index in [0.29, 0.717) is 22.4 Å². The standard InChI is InChI=1S/C19H17F2IN6O4/c1-10-4-11(26-27-17(10)32-8-19(20,21)22)5-28-6-13-12(18(28)30)2-3-23-15(13)25-16(29)14-7-31-9-24-14/h2-4,7,9,26-27H,5-6,8H2,1H3,(H,23,25,29). The molecule has 2 aromatic rings. The Morgan fingerprint density at radius 2 is 2.22 bits per heavy atom. The number of allylic oxidation sites excluding steroid dienone is 2. The number of halogens is 3. The third-order valence-electron chi connectivity index (χ3n) is 4.65. The molecular weight excluding hydrogens is 541 g/mol. The van der Waals surface area contributed by atoms with Gasteiger partial charge in [0.05, 0.1) is 18.8 Å². The highest BCUT2D eigenvalue weighted by Gasteiger charge is 2.32. The highest BCUT2D eigenvalue weighted by atomic mass is 127. The van der Waals surface area contributed by atoms with Crippen molar-refractivity contribution in [3.63, 3.8) is 0 Å². The maximum atomic E-state index is 13.0. The minimum absolute atomic E-state index is 0.0915. The van der Waals surface area contributed by atoms with Crippen LogP contribution < -0.4 is 16.2 Å². The number of rotatable bonds is 7. The summed E-state index contributed by atoms with van der Waals surface area (Å²) in [5.74, 6) is -0.281. The van der Waals surface area contributed by atoms with E-state index in [-0.39, 0.29) is 36.4 Å². The molecule has 4 rings (SSSR count). The van der Waals surface area contributed by atoms with Gasteiger partial charge in [-0.05, 0) is 19.1 Å². The van der Waals surface area contributed by atoms with Crippen molar-refractivity contribution in [2.75, 3.05) is 18.5 Å². The summed E-state index contributed by atoms with van der Waals surface area (Å²) < 4.78 is 32.9. The molecule has 0 saturated heterocycles. The Bertz CT molecular complexity index is 1110. The summed E-state index contributed by atoms with van der Waals surface area (Å²) in [5.41, 5.74) is 7.94. The summed E-state index contributed by atoms with van der Waals surface area (Å²) in [7, 11) is 0. The SMILES string of the molecule is CC1=C(OCC(F)(F)I)NNC(CN2Cc3c(ccnc3NC(=O)c3cocn3)C2=O)=C1. The maximum Gasteiger partial charge on any atom is 0.329 e. The van der Waals surface area contributed by atoms with E-state index in [1.807, 2.05) is 0 Å². The van der Waals surface area contributed by atoms with Crippen LogP contribution in [0.25, 0.3) is 0 Å². The average molecular weight is 558 g/mol. The zero-order valence-electron chi connectivity index (χ0n) is 16.6. The van der Waals surface area contributed by atoms with E-state index >= 15 is 0 Å². The molecule has 0 radical (unpaired) electrons. The van der Waals surface area contributed by atoms with E-state index in [9.17, 15) is 18.4 Å². The second-order valence-electron chi connectivity index (χ2n) is 7.01. The van der Waals surface area contributed by atoms with E-state index in [1.54, 1.807) is 24.0 Å². The number of hydrazine groups is 1. The van der Waals surface area contributed by atoms with Crippen LogP contribution in [0.3, 0.4) is 0 Å². The molecule has 168 valence electrons. The Morgan fingerprint density at radius 3 is 2.91 bits per heavy atom. The van der Waals surface area contributed by atoms with Crippen molar-refractivity contribution in [3.8, 4) is 0 Å². The summed E-state index contributed by atoms with van der Waals surface area (Å²) in [6.07, 6.45) is 5.50. The van der Waals surface area contributed by atoms with Crippen molar-refractivity contribution < 1.29 is 27.5 Å². The average Bonchev–Trinajstić information content (AvgIpc) is 3.37. The highest BCUT2D eigenvalue weighted by Crippen LogP contribution is 2.29.